The third-order valence-electron chi connectivity index (χ3n) is 5.00. The van der Waals surface area contributed by atoms with Crippen molar-refractivity contribution in [1.82, 2.24) is 24.6 Å². The molecule has 0 atom stereocenters. The van der Waals surface area contributed by atoms with Gasteiger partial charge in [0.25, 0.3) is 0 Å². The van der Waals surface area contributed by atoms with Crippen molar-refractivity contribution in [2.75, 3.05) is 11.1 Å². The highest BCUT2D eigenvalue weighted by atomic mass is 15.3. The molecule has 0 spiro atoms. The Kier molecular flexibility index (Phi) is 4.05. The molecule has 0 unspecified atom stereocenters. The van der Waals surface area contributed by atoms with Crippen molar-refractivity contribution < 1.29 is 0 Å². The smallest absolute Gasteiger partial charge is 0.155 e. The van der Waals surface area contributed by atoms with E-state index in [0.29, 0.717) is 5.69 Å². The number of aryl methyl sites for hydroxylation is 1. The van der Waals surface area contributed by atoms with Gasteiger partial charge in [0.15, 0.2) is 5.65 Å². The normalized spacial score (nSPS) is 11.2. The van der Waals surface area contributed by atoms with Gasteiger partial charge in [0.05, 0.1) is 5.52 Å². The molecule has 0 bridgehead atoms. The molecule has 0 aliphatic heterocycles. The number of aromatic nitrogens is 5. The molecule has 0 saturated carbocycles. The number of nitrogens with two attached hydrogens (primary N) is 1. The van der Waals surface area contributed by atoms with E-state index in [0.717, 1.165) is 34.5 Å². The van der Waals surface area contributed by atoms with Gasteiger partial charge in [-0.1, -0.05) is 6.07 Å². The van der Waals surface area contributed by atoms with Crippen molar-refractivity contribution in [3.63, 3.8) is 0 Å². The molecular weight excluding hydrogens is 362 g/mol. The highest BCUT2D eigenvalue weighted by Gasteiger charge is 2.07. The quantitative estimate of drug-likeness (QED) is 0.459. The minimum Gasteiger partial charge on any atom is -0.399 e. The number of hydrogen-bond acceptors (Lipinski definition) is 6. The maximum Gasteiger partial charge on any atom is 0.155 e. The number of nitrogens with one attached hydrogen (secondary N) is 1. The second-order valence-electron chi connectivity index (χ2n) is 7.04. The number of benzene rings is 2. The van der Waals surface area contributed by atoms with Crippen molar-refractivity contribution in [2.45, 2.75) is 13.3 Å². The highest BCUT2D eigenvalue weighted by Crippen LogP contribution is 2.26. The molecule has 3 heterocycles. The summed E-state index contributed by atoms with van der Waals surface area (Å²) in [5.74, 6) is 0.742. The molecule has 0 aliphatic carbocycles. The highest BCUT2D eigenvalue weighted by molar-refractivity contribution is 5.92. The van der Waals surface area contributed by atoms with Gasteiger partial charge in [0.1, 0.15) is 18.5 Å². The predicted octanol–water partition coefficient (Wildman–Crippen LogP) is 3.90. The summed E-state index contributed by atoms with van der Waals surface area (Å²) in [5, 5.41) is 8.44. The lowest BCUT2D eigenvalue weighted by atomic mass is 10.0. The van der Waals surface area contributed by atoms with Gasteiger partial charge < -0.3 is 11.1 Å². The van der Waals surface area contributed by atoms with Gasteiger partial charge in [-0.05, 0) is 72.5 Å². The summed E-state index contributed by atoms with van der Waals surface area (Å²) in [6.07, 6.45) is 5.90. The summed E-state index contributed by atoms with van der Waals surface area (Å²) in [6, 6.07) is 16.1. The molecule has 7 heteroatoms. The maximum atomic E-state index is 5.94. The molecule has 0 amide bonds. The molecule has 0 aliphatic rings. The fourth-order valence-electron chi connectivity index (χ4n) is 3.47. The number of nitrogen functional groups attached to an aromatic ring is 1. The van der Waals surface area contributed by atoms with E-state index in [1.54, 1.807) is 17.2 Å². The largest absolute Gasteiger partial charge is 0.399 e. The maximum absolute atomic E-state index is 5.94. The Morgan fingerprint density at radius 2 is 1.90 bits per heavy atom. The van der Waals surface area contributed by atoms with Crippen LogP contribution in [0.1, 0.15) is 16.7 Å². The van der Waals surface area contributed by atoms with Crippen LogP contribution in [-0.2, 0) is 6.42 Å². The first kappa shape index (κ1) is 17.1. The topological polar surface area (TPSA) is 94.0 Å². The average Bonchev–Trinajstić information content (AvgIpc) is 3.18. The lowest BCUT2D eigenvalue weighted by molar-refractivity contribution is 0.953. The first-order valence-corrected chi connectivity index (χ1v) is 9.31. The monoisotopic (exact) mass is 381 g/mol. The van der Waals surface area contributed by atoms with Gasteiger partial charge >= 0.3 is 0 Å². The Balaban J connectivity index is 1.42. The van der Waals surface area contributed by atoms with E-state index in [9.17, 15) is 0 Å². The van der Waals surface area contributed by atoms with Gasteiger partial charge in [0, 0.05) is 23.0 Å². The second-order valence-corrected chi connectivity index (χ2v) is 7.04. The standard InChI is InChI=1S/C22H19N7/c1-14-8-18(28-22-19-11-17(23)3-5-20(19)24-12-26-22)4-2-16(14)9-15-6-7-29-21(10-15)25-13-27-29/h2-8,10-13H,9,23H2,1H3,(H,24,26,28). The number of rotatable bonds is 4. The van der Waals surface area contributed by atoms with Crippen LogP contribution in [0, 0.1) is 6.92 Å². The van der Waals surface area contributed by atoms with Crippen LogP contribution in [-0.4, -0.2) is 24.6 Å². The number of hydrogen-bond donors (Lipinski definition) is 2. The molecule has 29 heavy (non-hydrogen) atoms. The Bertz CT molecular complexity index is 1340. The molecule has 3 aromatic heterocycles. The van der Waals surface area contributed by atoms with Gasteiger partial charge in [-0.2, -0.15) is 5.10 Å². The zero-order valence-corrected chi connectivity index (χ0v) is 15.9. The van der Waals surface area contributed by atoms with E-state index < -0.39 is 0 Å². The summed E-state index contributed by atoms with van der Waals surface area (Å²) in [6.45, 7) is 2.12. The summed E-state index contributed by atoms with van der Waals surface area (Å²) >= 11 is 0. The van der Waals surface area contributed by atoms with Crippen LogP contribution < -0.4 is 11.1 Å². The molecule has 7 nitrogen and oxygen atoms in total. The van der Waals surface area contributed by atoms with Crippen molar-refractivity contribution in [2.24, 2.45) is 0 Å². The van der Waals surface area contributed by atoms with E-state index in [-0.39, 0.29) is 0 Å². The van der Waals surface area contributed by atoms with E-state index >= 15 is 0 Å². The zero-order chi connectivity index (χ0) is 19.8. The van der Waals surface area contributed by atoms with E-state index in [4.69, 9.17) is 5.73 Å². The van der Waals surface area contributed by atoms with Crippen molar-refractivity contribution in [1.29, 1.82) is 0 Å². The fourth-order valence-corrected chi connectivity index (χ4v) is 3.47. The lowest BCUT2D eigenvalue weighted by Gasteiger charge is -2.12. The minimum atomic E-state index is 0.687. The van der Waals surface area contributed by atoms with E-state index in [2.05, 4.69) is 62.6 Å². The van der Waals surface area contributed by atoms with Crippen LogP contribution in [0.5, 0.6) is 0 Å². The van der Waals surface area contributed by atoms with E-state index in [1.165, 1.54) is 16.7 Å². The molecule has 0 fully saturated rings. The molecule has 3 N–H and O–H groups in total. The Morgan fingerprint density at radius 1 is 0.966 bits per heavy atom. The van der Waals surface area contributed by atoms with Crippen LogP contribution >= 0.6 is 0 Å². The Labute approximate surface area is 167 Å². The molecule has 5 rings (SSSR count). The van der Waals surface area contributed by atoms with Gasteiger partial charge in [0.2, 0.25) is 0 Å². The summed E-state index contributed by atoms with van der Waals surface area (Å²) < 4.78 is 1.77. The number of nitrogens with zero attached hydrogens (tertiary/aromatic N) is 5. The molecule has 2 aromatic carbocycles. The molecule has 0 saturated heterocycles. The number of pyridine rings is 1. The third-order valence-corrected chi connectivity index (χ3v) is 5.00. The van der Waals surface area contributed by atoms with Crippen LogP contribution in [0.2, 0.25) is 0 Å². The SMILES string of the molecule is Cc1cc(Nc2ncnc3ccc(N)cc23)ccc1Cc1ccn2ncnc2c1. The third kappa shape index (κ3) is 3.34. The van der Waals surface area contributed by atoms with Crippen molar-refractivity contribution >= 4 is 33.7 Å². The second kappa shape index (κ2) is 6.87. The minimum absolute atomic E-state index is 0.687. The summed E-state index contributed by atoms with van der Waals surface area (Å²) in [7, 11) is 0. The number of fused-ring (bicyclic) bond motifs is 2. The molecule has 142 valence electrons. The fraction of sp³-hybridized carbons (Fsp3) is 0.0909. The zero-order valence-electron chi connectivity index (χ0n) is 15.9. The molecular formula is C22H19N7. The van der Waals surface area contributed by atoms with Crippen LogP contribution in [0.15, 0.2) is 67.4 Å². The van der Waals surface area contributed by atoms with Gasteiger partial charge in [-0.3, -0.25) is 0 Å². The first-order chi connectivity index (χ1) is 14.2. The predicted molar refractivity (Wildman–Crippen MR) is 114 cm³/mol. The van der Waals surface area contributed by atoms with Crippen LogP contribution in [0.25, 0.3) is 16.6 Å². The molecule has 5 aromatic rings. The Hall–Kier alpha value is -4.00. The van der Waals surface area contributed by atoms with Gasteiger partial charge in [-0.25, -0.2) is 19.5 Å². The number of anilines is 3. The van der Waals surface area contributed by atoms with Crippen LogP contribution in [0.3, 0.4) is 0 Å². The molecule has 0 radical (unpaired) electrons. The van der Waals surface area contributed by atoms with Gasteiger partial charge in [-0.15, -0.1) is 0 Å². The first-order valence-electron chi connectivity index (χ1n) is 9.31. The average molecular weight is 381 g/mol. The van der Waals surface area contributed by atoms with E-state index in [1.807, 2.05) is 24.4 Å². The lowest BCUT2D eigenvalue weighted by Crippen LogP contribution is -1.99. The summed E-state index contributed by atoms with van der Waals surface area (Å²) in [5.41, 5.74) is 13.0. The van der Waals surface area contributed by atoms with Crippen molar-refractivity contribution in [3.8, 4) is 0 Å². The van der Waals surface area contributed by atoms with Crippen LogP contribution in [0.4, 0.5) is 17.2 Å². The Morgan fingerprint density at radius 3 is 2.79 bits per heavy atom. The summed E-state index contributed by atoms with van der Waals surface area (Å²) in [4.78, 5) is 13.0. The van der Waals surface area contributed by atoms with Crippen molar-refractivity contribution in [3.05, 3.63) is 84.1 Å².